The fourth-order valence-corrected chi connectivity index (χ4v) is 3.71. The molecule has 1 aromatic heterocycles. The summed E-state index contributed by atoms with van der Waals surface area (Å²) in [4.78, 5) is 25.4. The van der Waals surface area contributed by atoms with Crippen molar-refractivity contribution in [1.82, 2.24) is 14.9 Å². The van der Waals surface area contributed by atoms with Crippen molar-refractivity contribution in [2.24, 2.45) is 0 Å². The third-order valence-electron chi connectivity index (χ3n) is 5.44. The maximum atomic E-state index is 13.0. The molecule has 0 radical (unpaired) electrons. The number of hydrogen-bond acceptors (Lipinski definition) is 4. The highest BCUT2D eigenvalue weighted by atomic mass is 16.2. The molecule has 5 nitrogen and oxygen atoms in total. The minimum Gasteiger partial charge on any atom is -0.363 e. The highest BCUT2D eigenvalue weighted by molar-refractivity contribution is 5.94. The lowest BCUT2D eigenvalue weighted by Crippen LogP contribution is -2.37. The van der Waals surface area contributed by atoms with Gasteiger partial charge in [-0.3, -0.25) is 4.79 Å². The van der Waals surface area contributed by atoms with Gasteiger partial charge in [0.25, 0.3) is 5.91 Å². The zero-order chi connectivity index (χ0) is 19.7. The summed E-state index contributed by atoms with van der Waals surface area (Å²) in [5, 5.41) is 0. The standard InChI is InChI=1S/C23H24N4O/c1-26(2)22-14-21(24-15-25-22)16-8-10-17(11-9-16)23(28)27(3)20-12-18-6-4-5-7-19(18)13-20/h4-11,14-15,20H,12-13H2,1-3H3. The van der Waals surface area contributed by atoms with Gasteiger partial charge in [-0.2, -0.15) is 0 Å². The minimum absolute atomic E-state index is 0.0565. The molecule has 3 aromatic rings. The van der Waals surface area contributed by atoms with Crippen LogP contribution in [-0.2, 0) is 12.8 Å². The number of benzene rings is 2. The predicted octanol–water partition coefficient (Wildman–Crippen LogP) is 3.45. The van der Waals surface area contributed by atoms with E-state index in [1.807, 2.05) is 61.3 Å². The largest absolute Gasteiger partial charge is 0.363 e. The van der Waals surface area contributed by atoms with Crippen LogP contribution in [0, 0.1) is 0 Å². The number of rotatable bonds is 4. The summed E-state index contributed by atoms with van der Waals surface area (Å²) in [6, 6.07) is 18.3. The molecule has 0 bridgehead atoms. The first-order chi connectivity index (χ1) is 13.5. The predicted molar refractivity (Wildman–Crippen MR) is 112 cm³/mol. The van der Waals surface area contributed by atoms with Gasteiger partial charge in [0.05, 0.1) is 5.69 Å². The van der Waals surface area contributed by atoms with E-state index < -0.39 is 0 Å². The van der Waals surface area contributed by atoms with Crippen molar-refractivity contribution in [1.29, 1.82) is 0 Å². The third-order valence-corrected chi connectivity index (χ3v) is 5.44. The number of likely N-dealkylation sites (N-methyl/N-ethyl adjacent to an activating group) is 1. The number of hydrogen-bond donors (Lipinski definition) is 0. The normalized spacial score (nSPS) is 13.2. The highest BCUT2D eigenvalue weighted by Crippen LogP contribution is 2.26. The summed E-state index contributed by atoms with van der Waals surface area (Å²) in [6.45, 7) is 0. The first-order valence-electron chi connectivity index (χ1n) is 9.46. The van der Waals surface area contributed by atoms with E-state index in [-0.39, 0.29) is 11.9 Å². The van der Waals surface area contributed by atoms with Gasteiger partial charge < -0.3 is 9.80 Å². The molecule has 0 fully saturated rings. The van der Waals surface area contributed by atoms with Crippen LogP contribution in [0.5, 0.6) is 0 Å². The van der Waals surface area contributed by atoms with Crippen LogP contribution in [0.1, 0.15) is 21.5 Å². The molecule has 4 rings (SSSR count). The Labute approximate surface area is 165 Å². The second kappa shape index (κ2) is 7.43. The number of carbonyl (C=O) groups is 1. The van der Waals surface area contributed by atoms with Crippen molar-refractivity contribution >= 4 is 11.7 Å². The lowest BCUT2D eigenvalue weighted by atomic mass is 10.1. The zero-order valence-electron chi connectivity index (χ0n) is 16.5. The van der Waals surface area contributed by atoms with Crippen LogP contribution >= 0.6 is 0 Å². The Bertz CT molecular complexity index is 972. The van der Waals surface area contributed by atoms with Crippen molar-refractivity contribution in [2.45, 2.75) is 18.9 Å². The van der Waals surface area contributed by atoms with E-state index in [1.54, 1.807) is 6.33 Å². The summed E-state index contributed by atoms with van der Waals surface area (Å²) in [5.74, 6) is 0.909. The summed E-state index contributed by atoms with van der Waals surface area (Å²) in [6.07, 6.45) is 3.41. The summed E-state index contributed by atoms with van der Waals surface area (Å²) < 4.78 is 0. The molecule has 1 aliphatic carbocycles. The van der Waals surface area contributed by atoms with Crippen molar-refractivity contribution in [3.8, 4) is 11.3 Å². The SMILES string of the molecule is CN(C)c1cc(-c2ccc(C(=O)N(C)C3Cc4ccccc4C3)cc2)ncn1. The quantitative estimate of drug-likeness (QED) is 0.704. The highest BCUT2D eigenvalue weighted by Gasteiger charge is 2.27. The monoisotopic (exact) mass is 372 g/mol. The van der Waals surface area contributed by atoms with Crippen molar-refractivity contribution < 1.29 is 4.79 Å². The van der Waals surface area contributed by atoms with Gasteiger partial charge in [-0.25, -0.2) is 9.97 Å². The molecule has 0 aliphatic heterocycles. The van der Waals surface area contributed by atoms with Gasteiger partial charge in [-0.05, 0) is 36.1 Å². The van der Waals surface area contributed by atoms with Crippen molar-refractivity contribution in [2.75, 3.05) is 26.0 Å². The molecule has 28 heavy (non-hydrogen) atoms. The lowest BCUT2D eigenvalue weighted by Gasteiger charge is -2.24. The number of nitrogens with zero attached hydrogens (tertiary/aromatic N) is 4. The van der Waals surface area contributed by atoms with E-state index >= 15 is 0 Å². The Morgan fingerprint density at radius 2 is 1.57 bits per heavy atom. The minimum atomic E-state index is 0.0565. The summed E-state index contributed by atoms with van der Waals surface area (Å²) in [5.41, 5.74) is 5.21. The van der Waals surface area contributed by atoms with Gasteiger partial charge in [-0.15, -0.1) is 0 Å². The maximum Gasteiger partial charge on any atom is 0.253 e. The molecule has 0 atom stereocenters. The fraction of sp³-hybridized carbons (Fsp3) is 0.261. The molecule has 0 spiro atoms. The van der Waals surface area contributed by atoms with Gasteiger partial charge in [0.2, 0.25) is 0 Å². The summed E-state index contributed by atoms with van der Waals surface area (Å²) in [7, 11) is 5.80. The van der Waals surface area contributed by atoms with Gasteiger partial charge in [0, 0.05) is 44.4 Å². The number of amides is 1. The second-order valence-corrected chi connectivity index (χ2v) is 7.48. The van der Waals surface area contributed by atoms with Crippen LogP contribution in [0.25, 0.3) is 11.3 Å². The average molecular weight is 372 g/mol. The molecule has 2 aromatic carbocycles. The van der Waals surface area contributed by atoms with Crippen molar-refractivity contribution in [3.63, 3.8) is 0 Å². The molecule has 142 valence electrons. The van der Waals surface area contributed by atoms with Crippen LogP contribution in [0.15, 0.2) is 60.9 Å². The Morgan fingerprint density at radius 1 is 0.929 bits per heavy atom. The molecule has 1 aliphatic rings. The zero-order valence-corrected chi connectivity index (χ0v) is 16.5. The smallest absolute Gasteiger partial charge is 0.253 e. The fourth-order valence-electron chi connectivity index (χ4n) is 3.71. The van der Waals surface area contributed by atoms with E-state index in [2.05, 4.69) is 34.2 Å². The van der Waals surface area contributed by atoms with Crippen LogP contribution in [0.2, 0.25) is 0 Å². The molecule has 0 saturated heterocycles. The Hall–Kier alpha value is -3.21. The first kappa shape index (κ1) is 18.2. The molecule has 1 heterocycles. The molecule has 0 N–H and O–H groups in total. The molecule has 0 unspecified atom stereocenters. The lowest BCUT2D eigenvalue weighted by molar-refractivity contribution is 0.0738. The Balaban J connectivity index is 1.49. The van der Waals surface area contributed by atoms with Crippen molar-refractivity contribution in [3.05, 3.63) is 77.6 Å². The average Bonchev–Trinajstić information content (AvgIpc) is 3.17. The molecular weight excluding hydrogens is 348 g/mol. The maximum absolute atomic E-state index is 13.0. The van der Waals surface area contributed by atoms with Gasteiger partial charge >= 0.3 is 0 Å². The van der Waals surface area contributed by atoms with E-state index in [0.717, 1.165) is 29.9 Å². The number of anilines is 1. The van der Waals surface area contributed by atoms with Crippen LogP contribution in [0.4, 0.5) is 5.82 Å². The second-order valence-electron chi connectivity index (χ2n) is 7.48. The molecular formula is C23H24N4O. The molecule has 0 saturated carbocycles. The number of carbonyl (C=O) groups excluding carboxylic acids is 1. The topological polar surface area (TPSA) is 49.3 Å². The molecule has 1 amide bonds. The van der Waals surface area contributed by atoms with Crippen LogP contribution < -0.4 is 4.90 Å². The third kappa shape index (κ3) is 3.48. The van der Waals surface area contributed by atoms with Gasteiger partial charge in [0.1, 0.15) is 12.1 Å². The van der Waals surface area contributed by atoms with E-state index in [4.69, 9.17) is 0 Å². The van der Waals surface area contributed by atoms with Gasteiger partial charge in [-0.1, -0.05) is 36.4 Å². The van der Waals surface area contributed by atoms with E-state index in [1.165, 1.54) is 11.1 Å². The number of aromatic nitrogens is 2. The van der Waals surface area contributed by atoms with E-state index in [0.29, 0.717) is 5.56 Å². The number of fused-ring (bicyclic) bond motifs is 1. The van der Waals surface area contributed by atoms with Crippen LogP contribution in [0.3, 0.4) is 0 Å². The van der Waals surface area contributed by atoms with Crippen LogP contribution in [-0.4, -0.2) is 48.0 Å². The summed E-state index contributed by atoms with van der Waals surface area (Å²) >= 11 is 0. The Morgan fingerprint density at radius 3 is 2.18 bits per heavy atom. The molecule has 5 heteroatoms. The first-order valence-corrected chi connectivity index (χ1v) is 9.46. The van der Waals surface area contributed by atoms with E-state index in [9.17, 15) is 4.79 Å². The Kier molecular flexibility index (Phi) is 4.82. The van der Waals surface area contributed by atoms with Gasteiger partial charge in [0.15, 0.2) is 0 Å².